The molecule has 0 bridgehead atoms. The number of cyclic esters (lactones) is 2. The second-order valence-electron chi connectivity index (χ2n) is 7.53. The third-order valence-corrected chi connectivity index (χ3v) is 4.78. The molecule has 4 rings (SSSR count). The highest BCUT2D eigenvalue weighted by atomic mass is 16.7. The van der Waals surface area contributed by atoms with Crippen molar-refractivity contribution in [1.29, 1.82) is 0 Å². The molecule has 6 heteroatoms. The van der Waals surface area contributed by atoms with E-state index in [1.54, 1.807) is 12.1 Å². The lowest BCUT2D eigenvalue weighted by Gasteiger charge is -2.29. The topological polar surface area (TPSA) is 84.9 Å². The highest BCUT2D eigenvalue weighted by molar-refractivity contribution is 6.15. The summed E-state index contributed by atoms with van der Waals surface area (Å²) in [5.41, 5.74) is 3.21. The van der Waals surface area contributed by atoms with Crippen LogP contribution in [0.3, 0.4) is 0 Å². The smallest absolute Gasteiger partial charge is 0.350 e. The van der Waals surface area contributed by atoms with Crippen LogP contribution in [0.25, 0.3) is 22.3 Å². The summed E-state index contributed by atoms with van der Waals surface area (Å²) < 4.78 is 10.2. The van der Waals surface area contributed by atoms with Crippen LogP contribution in [0, 0.1) is 0 Å². The van der Waals surface area contributed by atoms with Crippen LogP contribution in [-0.2, 0) is 19.1 Å². The fourth-order valence-corrected chi connectivity index (χ4v) is 3.33. The van der Waals surface area contributed by atoms with Crippen molar-refractivity contribution in [2.45, 2.75) is 19.6 Å². The number of hydrogen-bond donors (Lipinski definition) is 2. The number of nitrogens with one attached hydrogen (secondary N) is 1. The number of ether oxygens (including phenoxy) is 2. The number of phenolic OH excluding ortho intramolecular Hbond substituents is 1. The fourth-order valence-electron chi connectivity index (χ4n) is 3.33. The standard InChI is InChI=1S/C25H21NO5/c1-25(2)30-23(28)21(24(29)31-25)15-26-18-13-19(16-9-5-3-6-10-16)22(27)20(14-18)17-11-7-4-8-12-17/h3-15,26-27H,1-2H3. The van der Waals surface area contributed by atoms with Crippen LogP contribution in [0.5, 0.6) is 5.75 Å². The summed E-state index contributed by atoms with van der Waals surface area (Å²) in [7, 11) is 0. The van der Waals surface area contributed by atoms with Gasteiger partial charge in [0.05, 0.1) is 0 Å². The van der Waals surface area contributed by atoms with Gasteiger partial charge in [-0.1, -0.05) is 60.7 Å². The molecule has 6 nitrogen and oxygen atoms in total. The van der Waals surface area contributed by atoms with Crippen molar-refractivity contribution in [3.8, 4) is 28.0 Å². The zero-order valence-corrected chi connectivity index (χ0v) is 17.1. The molecule has 1 saturated heterocycles. The first-order valence-electron chi connectivity index (χ1n) is 9.75. The van der Waals surface area contributed by atoms with Crippen molar-refractivity contribution in [3.63, 3.8) is 0 Å². The number of aromatic hydroxyl groups is 1. The highest BCUT2D eigenvalue weighted by Gasteiger charge is 2.38. The maximum absolute atomic E-state index is 12.2. The number of anilines is 1. The number of hydrogen-bond acceptors (Lipinski definition) is 6. The lowest BCUT2D eigenvalue weighted by Crippen LogP contribution is -2.42. The number of esters is 2. The Bertz CT molecular complexity index is 1080. The fraction of sp³-hybridized carbons (Fsp3) is 0.120. The van der Waals surface area contributed by atoms with Gasteiger partial charge >= 0.3 is 11.9 Å². The maximum atomic E-state index is 12.2. The van der Waals surface area contributed by atoms with Crippen molar-refractivity contribution in [2.24, 2.45) is 0 Å². The van der Waals surface area contributed by atoms with Crippen LogP contribution in [-0.4, -0.2) is 22.8 Å². The highest BCUT2D eigenvalue weighted by Crippen LogP contribution is 2.40. The number of phenols is 1. The van der Waals surface area contributed by atoms with Gasteiger partial charge in [-0.05, 0) is 23.3 Å². The monoisotopic (exact) mass is 415 g/mol. The predicted molar refractivity (Wildman–Crippen MR) is 117 cm³/mol. The van der Waals surface area contributed by atoms with E-state index in [2.05, 4.69) is 5.32 Å². The van der Waals surface area contributed by atoms with Crippen LogP contribution in [0.4, 0.5) is 5.69 Å². The van der Waals surface area contributed by atoms with Gasteiger partial charge in [0.15, 0.2) is 5.57 Å². The third kappa shape index (κ3) is 4.28. The van der Waals surface area contributed by atoms with Crippen molar-refractivity contribution < 1.29 is 24.2 Å². The van der Waals surface area contributed by atoms with Gasteiger partial charge in [-0.3, -0.25) is 0 Å². The van der Waals surface area contributed by atoms with Gasteiger partial charge in [-0.15, -0.1) is 0 Å². The van der Waals surface area contributed by atoms with Gasteiger partial charge in [0, 0.05) is 36.9 Å². The molecule has 1 fully saturated rings. The molecule has 1 aliphatic heterocycles. The molecule has 0 aliphatic carbocycles. The normalized spacial score (nSPS) is 15.1. The number of rotatable bonds is 4. The molecule has 1 aliphatic rings. The van der Waals surface area contributed by atoms with Crippen molar-refractivity contribution >= 4 is 17.6 Å². The molecule has 2 N–H and O–H groups in total. The second kappa shape index (κ2) is 7.99. The van der Waals surface area contributed by atoms with Crippen LogP contribution in [0.2, 0.25) is 0 Å². The molecule has 156 valence electrons. The summed E-state index contributed by atoms with van der Waals surface area (Å²) in [5, 5.41) is 14.0. The molecule has 1 heterocycles. The van der Waals surface area contributed by atoms with Gasteiger partial charge in [0.2, 0.25) is 0 Å². The molecule has 0 atom stereocenters. The molecule has 0 saturated carbocycles. The summed E-state index contributed by atoms with van der Waals surface area (Å²) >= 11 is 0. The minimum atomic E-state index is -1.30. The largest absolute Gasteiger partial charge is 0.507 e. The van der Waals surface area contributed by atoms with Gasteiger partial charge in [0.25, 0.3) is 5.79 Å². The molecule has 0 radical (unpaired) electrons. The Hall–Kier alpha value is -4.06. The summed E-state index contributed by atoms with van der Waals surface area (Å²) in [6.07, 6.45) is 1.26. The molecular formula is C25H21NO5. The van der Waals surface area contributed by atoms with E-state index < -0.39 is 17.7 Å². The minimum Gasteiger partial charge on any atom is -0.507 e. The summed E-state index contributed by atoms with van der Waals surface area (Å²) in [6, 6.07) is 22.4. The molecule has 31 heavy (non-hydrogen) atoms. The van der Waals surface area contributed by atoms with Crippen LogP contribution < -0.4 is 5.32 Å². The molecule has 0 spiro atoms. The van der Waals surface area contributed by atoms with Crippen LogP contribution in [0.15, 0.2) is 84.6 Å². The van der Waals surface area contributed by atoms with E-state index in [4.69, 9.17) is 9.47 Å². The summed E-state index contributed by atoms with van der Waals surface area (Å²) in [6.45, 7) is 2.98. The Balaban J connectivity index is 1.76. The van der Waals surface area contributed by atoms with Crippen molar-refractivity contribution in [2.75, 3.05) is 5.32 Å². The Morgan fingerprint density at radius 3 is 1.71 bits per heavy atom. The van der Waals surface area contributed by atoms with E-state index >= 15 is 0 Å². The average molecular weight is 415 g/mol. The third-order valence-electron chi connectivity index (χ3n) is 4.78. The zero-order valence-electron chi connectivity index (χ0n) is 17.1. The Labute approximate surface area is 179 Å². The SMILES string of the molecule is CC1(C)OC(=O)C(=CNc2cc(-c3ccccc3)c(O)c(-c3ccccc3)c2)C(=O)O1. The zero-order chi connectivity index (χ0) is 22.0. The first-order valence-corrected chi connectivity index (χ1v) is 9.75. The minimum absolute atomic E-state index is 0.133. The maximum Gasteiger partial charge on any atom is 0.350 e. The number of benzene rings is 3. The summed E-state index contributed by atoms with van der Waals surface area (Å²) in [5.74, 6) is -2.70. The van der Waals surface area contributed by atoms with E-state index in [0.717, 1.165) is 11.1 Å². The second-order valence-corrected chi connectivity index (χ2v) is 7.53. The van der Waals surface area contributed by atoms with E-state index in [1.807, 2.05) is 60.7 Å². The first-order chi connectivity index (χ1) is 14.8. The van der Waals surface area contributed by atoms with Crippen molar-refractivity contribution in [1.82, 2.24) is 0 Å². The van der Waals surface area contributed by atoms with Gasteiger partial charge in [0.1, 0.15) is 5.75 Å². The lowest BCUT2D eigenvalue weighted by molar-refractivity contribution is -0.222. The number of carbonyl (C=O) groups excluding carboxylic acids is 2. The molecule has 3 aromatic carbocycles. The van der Waals surface area contributed by atoms with Crippen LogP contribution in [0.1, 0.15) is 13.8 Å². The lowest BCUT2D eigenvalue weighted by atomic mass is 9.96. The molecule has 3 aromatic rings. The Morgan fingerprint density at radius 2 is 1.26 bits per heavy atom. The quantitative estimate of drug-likeness (QED) is 0.274. The summed E-state index contributed by atoms with van der Waals surface area (Å²) in [4.78, 5) is 24.4. The number of carbonyl (C=O) groups is 2. The molecular weight excluding hydrogens is 394 g/mol. The first kappa shape index (κ1) is 20.2. The van der Waals surface area contributed by atoms with Crippen molar-refractivity contribution in [3.05, 3.63) is 84.6 Å². The Kier molecular flexibility index (Phi) is 5.21. The predicted octanol–water partition coefficient (Wildman–Crippen LogP) is 4.86. The van der Waals surface area contributed by atoms with Gasteiger partial charge < -0.3 is 19.9 Å². The van der Waals surface area contributed by atoms with Crippen LogP contribution >= 0.6 is 0 Å². The van der Waals surface area contributed by atoms with E-state index in [9.17, 15) is 14.7 Å². The van der Waals surface area contributed by atoms with Gasteiger partial charge in [-0.25, -0.2) is 9.59 Å². The average Bonchev–Trinajstić information content (AvgIpc) is 2.74. The van der Waals surface area contributed by atoms with E-state index in [-0.39, 0.29) is 11.3 Å². The molecule has 0 aromatic heterocycles. The molecule has 0 unspecified atom stereocenters. The Morgan fingerprint density at radius 1 is 0.806 bits per heavy atom. The molecule has 0 amide bonds. The van der Waals surface area contributed by atoms with E-state index in [0.29, 0.717) is 16.8 Å². The van der Waals surface area contributed by atoms with Gasteiger partial charge in [-0.2, -0.15) is 0 Å². The van der Waals surface area contributed by atoms with E-state index in [1.165, 1.54) is 20.0 Å².